The molecule has 2 aromatic carbocycles. The van der Waals surface area contributed by atoms with Gasteiger partial charge in [-0.15, -0.1) is 0 Å². The van der Waals surface area contributed by atoms with E-state index in [1.807, 2.05) is 12.1 Å². The van der Waals surface area contributed by atoms with E-state index in [1.54, 1.807) is 43.4 Å². The number of hydrogen-bond donors (Lipinski definition) is 0. The Kier molecular flexibility index (Phi) is 4.09. The lowest BCUT2D eigenvalue weighted by molar-refractivity contribution is -0.117. The summed E-state index contributed by atoms with van der Waals surface area (Å²) in [6, 6.07) is 13.9. The fourth-order valence-corrected chi connectivity index (χ4v) is 4.20. The zero-order chi connectivity index (χ0) is 17.5. The molecule has 0 aromatic heterocycles. The lowest BCUT2D eigenvalue weighted by Crippen LogP contribution is -2.46. The topological polar surface area (TPSA) is 57.7 Å². The third-order valence-corrected chi connectivity index (χ3v) is 6.07. The average Bonchev–Trinajstić information content (AvgIpc) is 2.58. The summed E-state index contributed by atoms with van der Waals surface area (Å²) >= 11 is 0. The van der Waals surface area contributed by atoms with Crippen molar-refractivity contribution >= 4 is 27.3 Å². The first-order valence-electron chi connectivity index (χ1n) is 7.80. The molecule has 6 heteroatoms. The van der Waals surface area contributed by atoms with Gasteiger partial charge in [-0.2, -0.15) is 0 Å². The van der Waals surface area contributed by atoms with Crippen molar-refractivity contribution in [3.63, 3.8) is 0 Å². The smallest absolute Gasteiger partial charge is 0.264 e. The van der Waals surface area contributed by atoms with Gasteiger partial charge in [-0.1, -0.05) is 38.1 Å². The molecule has 0 spiro atoms. The van der Waals surface area contributed by atoms with Gasteiger partial charge in [0, 0.05) is 7.05 Å². The van der Waals surface area contributed by atoms with E-state index in [0.717, 1.165) is 5.56 Å². The number of hydrogen-bond acceptors (Lipinski definition) is 3. The highest BCUT2D eigenvalue weighted by atomic mass is 32.2. The molecule has 126 valence electrons. The Morgan fingerprint density at radius 3 is 2.12 bits per heavy atom. The van der Waals surface area contributed by atoms with E-state index >= 15 is 0 Å². The van der Waals surface area contributed by atoms with Gasteiger partial charge in [0.15, 0.2) is 0 Å². The minimum absolute atomic E-state index is 0.193. The first-order chi connectivity index (χ1) is 11.3. The number of carbonyl (C=O) groups is 1. The molecule has 0 bridgehead atoms. The zero-order valence-electron chi connectivity index (χ0n) is 13.9. The number of likely N-dealkylation sites (N-methyl/N-ethyl adjacent to an activating group) is 1. The Hall–Kier alpha value is -2.34. The molecule has 0 atom stereocenters. The highest BCUT2D eigenvalue weighted by Crippen LogP contribution is 2.36. The van der Waals surface area contributed by atoms with Crippen LogP contribution in [-0.2, 0) is 14.8 Å². The van der Waals surface area contributed by atoms with Crippen molar-refractivity contribution in [3.05, 3.63) is 54.1 Å². The van der Waals surface area contributed by atoms with Gasteiger partial charge in [0.25, 0.3) is 10.0 Å². The van der Waals surface area contributed by atoms with E-state index < -0.39 is 10.0 Å². The first-order valence-corrected chi connectivity index (χ1v) is 9.24. The maximum Gasteiger partial charge on any atom is 0.264 e. The molecular weight excluding hydrogens is 324 g/mol. The maximum atomic E-state index is 13.0. The number of para-hydroxylation sites is 2. The first kappa shape index (κ1) is 16.5. The molecule has 0 aliphatic carbocycles. The van der Waals surface area contributed by atoms with Crippen LogP contribution in [0.2, 0.25) is 0 Å². The van der Waals surface area contributed by atoms with Gasteiger partial charge in [0.2, 0.25) is 5.91 Å². The molecule has 0 saturated carbocycles. The van der Waals surface area contributed by atoms with E-state index in [2.05, 4.69) is 13.8 Å². The van der Waals surface area contributed by atoms with E-state index in [0.29, 0.717) is 17.3 Å². The van der Waals surface area contributed by atoms with Crippen molar-refractivity contribution in [2.45, 2.75) is 24.7 Å². The molecule has 0 N–H and O–H groups in total. The maximum absolute atomic E-state index is 13.0. The van der Waals surface area contributed by atoms with Gasteiger partial charge in [-0.25, -0.2) is 8.42 Å². The van der Waals surface area contributed by atoms with Crippen LogP contribution in [0.4, 0.5) is 11.4 Å². The van der Waals surface area contributed by atoms with Crippen molar-refractivity contribution in [3.8, 4) is 0 Å². The van der Waals surface area contributed by atoms with Gasteiger partial charge in [-0.3, -0.25) is 9.10 Å². The highest BCUT2D eigenvalue weighted by Gasteiger charge is 2.34. The number of anilines is 2. The van der Waals surface area contributed by atoms with Crippen molar-refractivity contribution in [1.82, 2.24) is 0 Å². The van der Waals surface area contributed by atoms with Crippen LogP contribution in [0.5, 0.6) is 0 Å². The fourth-order valence-electron chi connectivity index (χ4n) is 2.77. The Morgan fingerprint density at radius 2 is 1.54 bits per heavy atom. The Bertz CT molecular complexity index is 873. The van der Waals surface area contributed by atoms with Crippen LogP contribution >= 0.6 is 0 Å². The Balaban J connectivity index is 2.07. The van der Waals surface area contributed by atoms with Crippen LogP contribution in [0.25, 0.3) is 0 Å². The summed E-state index contributed by atoms with van der Waals surface area (Å²) < 4.78 is 27.3. The SMILES string of the molecule is CC(C)c1ccc(S(=O)(=O)N2CC(=O)N(C)c3ccccc32)cc1. The molecule has 0 unspecified atom stereocenters. The third-order valence-electron chi connectivity index (χ3n) is 4.30. The molecule has 1 aliphatic rings. The summed E-state index contributed by atoms with van der Waals surface area (Å²) in [4.78, 5) is 13.9. The highest BCUT2D eigenvalue weighted by molar-refractivity contribution is 7.92. The summed E-state index contributed by atoms with van der Waals surface area (Å²) in [5.41, 5.74) is 2.19. The zero-order valence-corrected chi connectivity index (χ0v) is 14.7. The summed E-state index contributed by atoms with van der Waals surface area (Å²) in [6.45, 7) is 3.92. The molecule has 24 heavy (non-hydrogen) atoms. The molecule has 0 radical (unpaired) electrons. The Morgan fingerprint density at radius 1 is 0.958 bits per heavy atom. The lowest BCUT2D eigenvalue weighted by atomic mass is 10.0. The number of benzene rings is 2. The summed E-state index contributed by atoms with van der Waals surface area (Å²) in [5.74, 6) is 0.0729. The largest absolute Gasteiger partial charge is 0.312 e. The second kappa shape index (κ2) is 5.94. The van der Waals surface area contributed by atoms with Crippen LogP contribution in [0.1, 0.15) is 25.3 Å². The molecule has 3 rings (SSSR count). The van der Waals surface area contributed by atoms with Crippen LogP contribution < -0.4 is 9.21 Å². The quantitative estimate of drug-likeness (QED) is 0.860. The second-order valence-corrected chi connectivity index (χ2v) is 8.04. The van der Waals surface area contributed by atoms with Gasteiger partial charge < -0.3 is 4.90 Å². The van der Waals surface area contributed by atoms with Crippen LogP contribution in [0.3, 0.4) is 0 Å². The van der Waals surface area contributed by atoms with E-state index in [4.69, 9.17) is 0 Å². The number of fused-ring (bicyclic) bond motifs is 1. The summed E-state index contributed by atoms with van der Waals surface area (Å²) in [7, 11) is -2.13. The predicted molar refractivity (Wildman–Crippen MR) is 94.9 cm³/mol. The van der Waals surface area contributed by atoms with Crippen LogP contribution in [0, 0.1) is 0 Å². The summed E-state index contributed by atoms with van der Waals surface area (Å²) in [5, 5.41) is 0. The van der Waals surface area contributed by atoms with Crippen molar-refractivity contribution in [2.24, 2.45) is 0 Å². The number of carbonyl (C=O) groups excluding carboxylic acids is 1. The van der Waals surface area contributed by atoms with Gasteiger partial charge >= 0.3 is 0 Å². The standard InChI is InChI=1S/C18H20N2O3S/c1-13(2)14-8-10-15(11-9-14)24(22,23)20-12-18(21)19(3)16-6-4-5-7-17(16)20/h4-11,13H,12H2,1-3H3. The van der Waals surface area contributed by atoms with Gasteiger partial charge in [0.05, 0.1) is 16.3 Å². The number of nitrogens with zero attached hydrogens (tertiary/aromatic N) is 2. The van der Waals surface area contributed by atoms with Gasteiger partial charge in [-0.05, 0) is 35.7 Å². The van der Waals surface area contributed by atoms with Crippen LogP contribution in [0.15, 0.2) is 53.4 Å². The molecule has 1 heterocycles. The van der Waals surface area contributed by atoms with Crippen LogP contribution in [-0.4, -0.2) is 27.9 Å². The molecule has 1 aliphatic heterocycles. The number of amides is 1. The minimum Gasteiger partial charge on any atom is -0.312 e. The predicted octanol–water partition coefficient (Wildman–Crippen LogP) is 2.98. The monoisotopic (exact) mass is 344 g/mol. The van der Waals surface area contributed by atoms with E-state index in [-0.39, 0.29) is 17.3 Å². The van der Waals surface area contributed by atoms with Crippen molar-refractivity contribution in [1.29, 1.82) is 0 Å². The van der Waals surface area contributed by atoms with Gasteiger partial charge in [0.1, 0.15) is 6.54 Å². The second-order valence-electron chi connectivity index (χ2n) is 6.18. The molecule has 1 amide bonds. The molecule has 2 aromatic rings. The molecular formula is C18H20N2O3S. The normalized spacial score (nSPS) is 14.9. The van der Waals surface area contributed by atoms with Crippen molar-refractivity contribution < 1.29 is 13.2 Å². The number of sulfonamides is 1. The van der Waals surface area contributed by atoms with E-state index in [9.17, 15) is 13.2 Å². The van der Waals surface area contributed by atoms with Crippen molar-refractivity contribution in [2.75, 3.05) is 22.8 Å². The molecule has 0 fully saturated rings. The minimum atomic E-state index is -3.79. The average molecular weight is 344 g/mol. The third kappa shape index (κ3) is 2.67. The number of rotatable bonds is 3. The molecule has 0 saturated heterocycles. The Labute approximate surface area is 142 Å². The summed E-state index contributed by atoms with van der Waals surface area (Å²) in [6.07, 6.45) is 0. The lowest BCUT2D eigenvalue weighted by Gasteiger charge is -2.34. The van der Waals surface area contributed by atoms with E-state index in [1.165, 1.54) is 9.21 Å². The fraction of sp³-hybridized carbons (Fsp3) is 0.278. The molecule has 5 nitrogen and oxygen atoms in total.